The molecule has 0 saturated carbocycles. The second kappa shape index (κ2) is 9.79. The molecule has 1 aromatic rings. The highest BCUT2D eigenvalue weighted by Gasteiger charge is 2.07. The van der Waals surface area contributed by atoms with Crippen LogP contribution in [0.5, 0.6) is 0 Å². The number of benzene rings is 1. The first-order chi connectivity index (χ1) is 9.17. The predicted molar refractivity (Wildman–Crippen MR) is 89.1 cm³/mol. The van der Waals surface area contributed by atoms with Gasteiger partial charge >= 0.3 is 0 Å². The molecule has 0 heterocycles. The number of aryl methyl sites for hydroxylation is 1. The van der Waals surface area contributed by atoms with Crippen LogP contribution in [0.4, 0.5) is 0 Å². The quantitative estimate of drug-likeness (QED) is 0.614. The lowest BCUT2D eigenvalue weighted by atomic mass is 10.0. The molecule has 1 atom stereocenters. The van der Waals surface area contributed by atoms with Crippen LogP contribution in [0, 0.1) is 0 Å². The van der Waals surface area contributed by atoms with E-state index in [1.807, 2.05) is 6.07 Å². The Morgan fingerprint density at radius 3 is 2.63 bits per heavy atom. The van der Waals surface area contributed by atoms with Crippen LogP contribution < -0.4 is 5.32 Å². The summed E-state index contributed by atoms with van der Waals surface area (Å²) in [5, 5.41) is 4.52. The molecular formula is C16H25BrClN. The Balaban J connectivity index is 2.38. The molecule has 0 saturated heterocycles. The lowest BCUT2D eigenvalue weighted by Gasteiger charge is -2.17. The monoisotopic (exact) mass is 345 g/mol. The fourth-order valence-corrected chi connectivity index (χ4v) is 3.08. The van der Waals surface area contributed by atoms with Crippen molar-refractivity contribution in [3.8, 4) is 0 Å². The van der Waals surface area contributed by atoms with E-state index in [0.29, 0.717) is 6.04 Å². The fraction of sp³-hybridized carbons (Fsp3) is 0.625. The third-order valence-electron chi connectivity index (χ3n) is 3.33. The number of nitrogens with one attached hydrogen (secondary N) is 1. The van der Waals surface area contributed by atoms with Crippen LogP contribution in [0.15, 0.2) is 22.7 Å². The van der Waals surface area contributed by atoms with Crippen molar-refractivity contribution in [2.75, 3.05) is 6.54 Å². The van der Waals surface area contributed by atoms with Crippen molar-refractivity contribution < 1.29 is 0 Å². The molecule has 0 bridgehead atoms. The van der Waals surface area contributed by atoms with E-state index in [9.17, 15) is 0 Å². The van der Waals surface area contributed by atoms with Gasteiger partial charge in [0.1, 0.15) is 0 Å². The minimum atomic E-state index is 0.666. The van der Waals surface area contributed by atoms with Crippen LogP contribution in [0.1, 0.15) is 51.5 Å². The Labute approximate surface area is 131 Å². The summed E-state index contributed by atoms with van der Waals surface area (Å²) in [6.07, 6.45) is 7.23. The third kappa shape index (κ3) is 6.78. The zero-order chi connectivity index (χ0) is 14.1. The van der Waals surface area contributed by atoms with E-state index >= 15 is 0 Å². The molecule has 0 amide bonds. The highest BCUT2D eigenvalue weighted by atomic mass is 79.9. The Bertz CT molecular complexity index is 368. The largest absolute Gasteiger partial charge is 0.314 e. The second-order valence-corrected chi connectivity index (χ2v) is 6.39. The molecule has 0 fully saturated rings. The Morgan fingerprint density at radius 1 is 1.21 bits per heavy atom. The van der Waals surface area contributed by atoms with Crippen molar-refractivity contribution in [3.63, 3.8) is 0 Å². The number of halogens is 2. The van der Waals surface area contributed by atoms with Gasteiger partial charge in [0.05, 0.1) is 0 Å². The number of rotatable bonds is 9. The molecule has 0 aliphatic rings. The Morgan fingerprint density at radius 2 is 2.00 bits per heavy atom. The third-order valence-corrected chi connectivity index (χ3v) is 4.18. The lowest BCUT2D eigenvalue weighted by Crippen LogP contribution is -2.29. The van der Waals surface area contributed by atoms with Gasteiger partial charge in [-0.3, -0.25) is 0 Å². The van der Waals surface area contributed by atoms with E-state index in [4.69, 9.17) is 11.6 Å². The highest BCUT2D eigenvalue weighted by Crippen LogP contribution is 2.23. The lowest BCUT2D eigenvalue weighted by molar-refractivity contribution is 0.438. The average molecular weight is 347 g/mol. The van der Waals surface area contributed by atoms with E-state index < -0.39 is 0 Å². The maximum atomic E-state index is 6.24. The Hall–Kier alpha value is -0.0500. The molecule has 3 heteroatoms. The fourth-order valence-electron chi connectivity index (χ4n) is 2.31. The van der Waals surface area contributed by atoms with Gasteiger partial charge in [-0.1, -0.05) is 53.9 Å². The topological polar surface area (TPSA) is 12.0 Å². The van der Waals surface area contributed by atoms with Crippen LogP contribution in [-0.2, 0) is 6.42 Å². The molecular weight excluding hydrogens is 322 g/mol. The van der Waals surface area contributed by atoms with Crippen LogP contribution in [0.2, 0.25) is 5.02 Å². The summed E-state index contributed by atoms with van der Waals surface area (Å²) in [6, 6.07) is 6.84. The average Bonchev–Trinajstić information content (AvgIpc) is 2.38. The van der Waals surface area contributed by atoms with Gasteiger partial charge in [0, 0.05) is 15.5 Å². The van der Waals surface area contributed by atoms with Crippen molar-refractivity contribution in [1.82, 2.24) is 5.32 Å². The standard InChI is InChI=1S/C16H25BrClN/c1-3-6-15(19-11-4-2)8-5-7-13-9-10-14(17)12-16(13)18/h9-10,12,15,19H,3-8,11H2,1-2H3. The number of hydrogen-bond acceptors (Lipinski definition) is 1. The van der Waals surface area contributed by atoms with Crippen LogP contribution >= 0.6 is 27.5 Å². The van der Waals surface area contributed by atoms with Gasteiger partial charge in [0.25, 0.3) is 0 Å². The minimum Gasteiger partial charge on any atom is -0.314 e. The van der Waals surface area contributed by atoms with E-state index in [-0.39, 0.29) is 0 Å². The summed E-state index contributed by atoms with van der Waals surface area (Å²) in [6.45, 7) is 5.60. The molecule has 0 aromatic heterocycles. The van der Waals surface area contributed by atoms with Crippen LogP contribution in [-0.4, -0.2) is 12.6 Å². The molecule has 1 rings (SSSR count). The summed E-state index contributed by atoms with van der Waals surface area (Å²) >= 11 is 9.69. The molecule has 19 heavy (non-hydrogen) atoms. The predicted octanol–water partition coefficient (Wildman–Crippen LogP) is 5.59. The van der Waals surface area contributed by atoms with Crippen molar-refractivity contribution in [3.05, 3.63) is 33.3 Å². The molecule has 0 aliphatic carbocycles. The van der Waals surface area contributed by atoms with Crippen LogP contribution in [0.3, 0.4) is 0 Å². The summed E-state index contributed by atoms with van der Waals surface area (Å²) in [5.41, 5.74) is 1.26. The molecule has 1 N–H and O–H groups in total. The number of hydrogen-bond donors (Lipinski definition) is 1. The normalized spacial score (nSPS) is 12.6. The van der Waals surface area contributed by atoms with Gasteiger partial charge in [0.2, 0.25) is 0 Å². The van der Waals surface area contributed by atoms with Gasteiger partial charge in [-0.15, -0.1) is 0 Å². The second-order valence-electron chi connectivity index (χ2n) is 5.07. The Kier molecular flexibility index (Phi) is 8.76. The zero-order valence-corrected chi connectivity index (χ0v) is 14.4. The van der Waals surface area contributed by atoms with Crippen molar-refractivity contribution in [2.24, 2.45) is 0 Å². The van der Waals surface area contributed by atoms with Gasteiger partial charge < -0.3 is 5.32 Å². The first-order valence-corrected chi connectivity index (χ1v) is 8.51. The molecule has 0 aliphatic heterocycles. The van der Waals surface area contributed by atoms with Gasteiger partial charge in [-0.05, 0) is 56.3 Å². The summed E-state index contributed by atoms with van der Waals surface area (Å²) in [7, 11) is 0. The first-order valence-electron chi connectivity index (χ1n) is 7.34. The summed E-state index contributed by atoms with van der Waals surface area (Å²) in [5.74, 6) is 0. The van der Waals surface area contributed by atoms with Crippen molar-refractivity contribution in [2.45, 2.75) is 58.4 Å². The maximum Gasteiger partial charge on any atom is 0.0449 e. The summed E-state index contributed by atoms with van der Waals surface area (Å²) in [4.78, 5) is 0. The van der Waals surface area contributed by atoms with Crippen molar-refractivity contribution in [1.29, 1.82) is 0 Å². The molecule has 0 radical (unpaired) electrons. The SMILES string of the molecule is CCCNC(CCC)CCCc1ccc(Br)cc1Cl. The van der Waals surface area contributed by atoms with Gasteiger partial charge in [0.15, 0.2) is 0 Å². The maximum absolute atomic E-state index is 6.24. The van der Waals surface area contributed by atoms with E-state index in [1.54, 1.807) is 0 Å². The van der Waals surface area contributed by atoms with Crippen molar-refractivity contribution >= 4 is 27.5 Å². The molecule has 1 unspecified atom stereocenters. The minimum absolute atomic E-state index is 0.666. The van der Waals surface area contributed by atoms with E-state index in [0.717, 1.165) is 22.5 Å². The zero-order valence-electron chi connectivity index (χ0n) is 12.0. The van der Waals surface area contributed by atoms with Gasteiger partial charge in [-0.25, -0.2) is 0 Å². The molecule has 1 aromatic carbocycles. The van der Waals surface area contributed by atoms with Gasteiger partial charge in [-0.2, -0.15) is 0 Å². The molecule has 0 spiro atoms. The molecule has 108 valence electrons. The highest BCUT2D eigenvalue weighted by molar-refractivity contribution is 9.10. The first kappa shape index (κ1) is 17.0. The molecule has 1 nitrogen and oxygen atoms in total. The smallest absolute Gasteiger partial charge is 0.0449 e. The van der Waals surface area contributed by atoms with Crippen LogP contribution in [0.25, 0.3) is 0 Å². The van der Waals surface area contributed by atoms with E-state index in [1.165, 1.54) is 37.7 Å². The summed E-state index contributed by atoms with van der Waals surface area (Å²) < 4.78 is 1.05. The van der Waals surface area contributed by atoms with E-state index in [2.05, 4.69) is 47.2 Å².